The lowest BCUT2D eigenvalue weighted by molar-refractivity contribution is -0.117. The summed E-state index contributed by atoms with van der Waals surface area (Å²) in [5.74, 6) is -2.54. The number of amides is 3. The van der Waals surface area contributed by atoms with Crippen molar-refractivity contribution in [3.8, 4) is 0 Å². The van der Waals surface area contributed by atoms with E-state index in [4.69, 9.17) is 4.74 Å². The monoisotopic (exact) mass is 304 g/mol. The van der Waals surface area contributed by atoms with Crippen molar-refractivity contribution in [1.82, 2.24) is 10.6 Å². The highest BCUT2D eigenvalue weighted by molar-refractivity contribution is 8.00. The molecule has 0 saturated carbocycles. The zero-order valence-electron chi connectivity index (χ0n) is 10.7. The fourth-order valence-corrected chi connectivity index (χ4v) is 1.91. The quantitative estimate of drug-likeness (QED) is 0.618. The molecule has 0 aliphatic rings. The molecule has 0 heterocycles. The molecule has 0 spiro atoms. The van der Waals surface area contributed by atoms with Gasteiger partial charge in [0.1, 0.15) is 0 Å². The van der Waals surface area contributed by atoms with E-state index in [0.717, 1.165) is 23.9 Å². The number of carbonyl (C=O) groups excluding carboxylic acids is 2. The molecule has 1 aromatic carbocycles. The average Bonchev–Trinajstić information content (AvgIpc) is 2.40. The van der Waals surface area contributed by atoms with Gasteiger partial charge in [0.05, 0.1) is 12.4 Å². The number of benzene rings is 1. The first-order chi connectivity index (χ1) is 9.52. The minimum absolute atomic E-state index is 0.0806. The maximum atomic E-state index is 12.9. The number of methoxy groups -OCH3 is 1. The second kappa shape index (κ2) is 8.49. The summed E-state index contributed by atoms with van der Waals surface area (Å²) in [6.07, 6.45) is 0. The van der Waals surface area contributed by atoms with Crippen LogP contribution in [0.5, 0.6) is 0 Å². The van der Waals surface area contributed by atoms with E-state index in [2.05, 4.69) is 10.6 Å². The van der Waals surface area contributed by atoms with E-state index in [1.54, 1.807) is 0 Å². The van der Waals surface area contributed by atoms with Crippen LogP contribution in [0.2, 0.25) is 0 Å². The maximum absolute atomic E-state index is 12.9. The third-order valence-corrected chi connectivity index (χ3v) is 3.10. The number of thioether (sulfide) groups is 1. The zero-order chi connectivity index (χ0) is 15.0. The van der Waals surface area contributed by atoms with Crippen LogP contribution in [-0.4, -0.2) is 38.0 Å². The van der Waals surface area contributed by atoms with Crippen molar-refractivity contribution < 1.29 is 23.1 Å². The van der Waals surface area contributed by atoms with E-state index in [-0.39, 0.29) is 12.3 Å². The Hall–Kier alpha value is -1.67. The maximum Gasteiger partial charge on any atom is 0.321 e. The Labute approximate surface area is 119 Å². The molecule has 0 aromatic heterocycles. The fraction of sp³-hybridized carbons (Fsp3) is 0.333. The molecule has 2 N–H and O–H groups in total. The van der Waals surface area contributed by atoms with Gasteiger partial charge in [0.15, 0.2) is 11.6 Å². The molecule has 20 heavy (non-hydrogen) atoms. The van der Waals surface area contributed by atoms with E-state index in [9.17, 15) is 18.4 Å². The molecule has 5 nitrogen and oxygen atoms in total. The topological polar surface area (TPSA) is 67.4 Å². The van der Waals surface area contributed by atoms with Crippen molar-refractivity contribution in [2.24, 2.45) is 0 Å². The van der Waals surface area contributed by atoms with Crippen LogP contribution in [0.15, 0.2) is 23.1 Å². The molecule has 0 saturated heterocycles. The molecule has 3 amide bonds. The van der Waals surface area contributed by atoms with Gasteiger partial charge in [0.25, 0.3) is 0 Å². The van der Waals surface area contributed by atoms with Gasteiger partial charge in [-0.25, -0.2) is 13.6 Å². The zero-order valence-corrected chi connectivity index (χ0v) is 11.6. The van der Waals surface area contributed by atoms with Crippen LogP contribution in [0.3, 0.4) is 0 Å². The highest BCUT2D eigenvalue weighted by Gasteiger charge is 2.09. The van der Waals surface area contributed by atoms with Gasteiger partial charge < -0.3 is 10.1 Å². The van der Waals surface area contributed by atoms with Crippen molar-refractivity contribution in [2.75, 3.05) is 26.0 Å². The Morgan fingerprint density at radius 1 is 1.30 bits per heavy atom. The Morgan fingerprint density at radius 3 is 2.70 bits per heavy atom. The number of ether oxygens (including phenoxy) is 1. The number of hydrogen-bond acceptors (Lipinski definition) is 4. The smallest absolute Gasteiger partial charge is 0.321 e. The molecule has 110 valence electrons. The average molecular weight is 304 g/mol. The number of rotatable bonds is 6. The Bertz CT molecular complexity index is 486. The molecule has 1 rings (SSSR count). The number of urea groups is 1. The highest BCUT2D eigenvalue weighted by atomic mass is 32.2. The summed E-state index contributed by atoms with van der Waals surface area (Å²) in [5.41, 5.74) is 0. The van der Waals surface area contributed by atoms with Crippen molar-refractivity contribution in [2.45, 2.75) is 4.90 Å². The van der Waals surface area contributed by atoms with Crippen LogP contribution >= 0.6 is 11.8 Å². The molecular weight excluding hydrogens is 290 g/mol. The van der Waals surface area contributed by atoms with Gasteiger partial charge in [-0.05, 0) is 18.2 Å². The molecule has 0 unspecified atom stereocenters. The highest BCUT2D eigenvalue weighted by Crippen LogP contribution is 2.19. The molecule has 0 fully saturated rings. The molecule has 0 bridgehead atoms. The van der Waals surface area contributed by atoms with Gasteiger partial charge in [0.2, 0.25) is 5.91 Å². The lowest BCUT2D eigenvalue weighted by Gasteiger charge is -2.06. The summed E-state index contributed by atoms with van der Waals surface area (Å²) in [4.78, 5) is 23.0. The van der Waals surface area contributed by atoms with Crippen LogP contribution in [-0.2, 0) is 9.53 Å². The molecule has 1 aromatic rings. The van der Waals surface area contributed by atoms with E-state index >= 15 is 0 Å². The van der Waals surface area contributed by atoms with Crippen LogP contribution in [0.4, 0.5) is 13.6 Å². The normalized spacial score (nSPS) is 10.2. The predicted molar refractivity (Wildman–Crippen MR) is 70.5 cm³/mol. The Morgan fingerprint density at radius 2 is 2.05 bits per heavy atom. The second-order valence-electron chi connectivity index (χ2n) is 3.66. The number of hydrogen-bond donors (Lipinski definition) is 2. The number of halogens is 2. The third-order valence-electron chi connectivity index (χ3n) is 2.11. The second-order valence-corrected chi connectivity index (χ2v) is 4.71. The van der Waals surface area contributed by atoms with E-state index in [1.165, 1.54) is 13.2 Å². The Kier molecular flexibility index (Phi) is 6.96. The first kappa shape index (κ1) is 16.4. The van der Waals surface area contributed by atoms with E-state index in [0.29, 0.717) is 11.5 Å². The summed E-state index contributed by atoms with van der Waals surface area (Å²) in [7, 11) is 1.49. The summed E-state index contributed by atoms with van der Waals surface area (Å²) < 4.78 is 30.3. The molecule has 0 radical (unpaired) electrons. The van der Waals surface area contributed by atoms with Crippen molar-refractivity contribution in [3.63, 3.8) is 0 Å². The SMILES string of the molecule is COCCNC(=O)NC(=O)CSc1ccc(F)c(F)c1. The predicted octanol–water partition coefficient (Wildman–Crippen LogP) is 1.53. The summed E-state index contributed by atoms with van der Waals surface area (Å²) in [5, 5.41) is 4.52. The van der Waals surface area contributed by atoms with E-state index < -0.39 is 23.6 Å². The van der Waals surface area contributed by atoms with Gasteiger partial charge >= 0.3 is 6.03 Å². The van der Waals surface area contributed by atoms with Crippen LogP contribution in [0, 0.1) is 11.6 Å². The van der Waals surface area contributed by atoms with Crippen LogP contribution in [0.25, 0.3) is 0 Å². The largest absolute Gasteiger partial charge is 0.383 e. The lowest BCUT2D eigenvalue weighted by atomic mass is 10.3. The van der Waals surface area contributed by atoms with Crippen molar-refractivity contribution >= 4 is 23.7 Å². The fourth-order valence-electron chi connectivity index (χ4n) is 1.19. The number of carbonyl (C=O) groups is 2. The standard InChI is InChI=1S/C12H14F2N2O3S/c1-19-5-4-15-12(18)16-11(17)7-20-8-2-3-9(13)10(14)6-8/h2-3,6H,4-5,7H2,1H3,(H2,15,16,17,18). The van der Waals surface area contributed by atoms with Crippen LogP contribution in [0.1, 0.15) is 0 Å². The molecule has 0 atom stereocenters. The van der Waals surface area contributed by atoms with Crippen molar-refractivity contribution in [1.29, 1.82) is 0 Å². The number of imide groups is 1. The first-order valence-electron chi connectivity index (χ1n) is 5.67. The van der Waals surface area contributed by atoms with Crippen LogP contribution < -0.4 is 10.6 Å². The summed E-state index contributed by atoms with van der Waals surface area (Å²) >= 11 is 0.998. The summed E-state index contributed by atoms with van der Waals surface area (Å²) in [6, 6.07) is 2.70. The molecule has 0 aliphatic carbocycles. The lowest BCUT2D eigenvalue weighted by Crippen LogP contribution is -2.41. The van der Waals surface area contributed by atoms with Gasteiger partial charge in [-0.2, -0.15) is 0 Å². The minimum atomic E-state index is -0.979. The van der Waals surface area contributed by atoms with Gasteiger partial charge in [-0.1, -0.05) is 0 Å². The van der Waals surface area contributed by atoms with Gasteiger partial charge in [0, 0.05) is 18.6 Å². The van der Waals surface area contributed by atoms with Gasteiger partial charge in [-0.15, -0.1) is 11.8 Å². The first-order valence-corrected chi connectivity index (χ1v) is 6.66. The Balaban J connectivity index is 2.32. The third kappa shape index (κ3) is 5.98. The van der Waals surface area contributed by atoms with Crippen molar-refractivity contribution in [3.05, 3.63) is 29.8 Å². The molecule has 0 aliphatic heterocycles. The minimum Gasteiger partial charge on any atom is -0.383 e. The molecular formula is C12H14F2N2O3S. The summed E-state index contributed by atoms with van der Waals surface area (Å²) in [6.45, 7) is 0.622. The number of nitrogens with one attached hydrogen (secondary N) is 2. The van der Waals surface area contributed by atoms with E-state index in [1.807, 2.05) is 0 Å². The van der Waals surface area contributed by atoms with Gasteiger partial charge in [-0.3, -0.25) is 10.1 Å². The molecule has 8 heteroatoms.